The van der Waals surface area contributed by atoms with Gasteiger partial charge in [0.1, 0.15) is 5.75 Å². The van der Waals surface area contributed by atoms with E-state index in [4.69, 9.17) is 20.8 Å². The number of nitrogens with zero attached hydrogens (tertiary/aromatic N) is 2. The Morgan fingerprint density at radius 1 is 1.19 bits per heavy atom. The highest BCUT2D eigenvalue weighted by molar-refractivity contribution is 7.99. The number of carbonyl (C=O) groups excluding carboxylic acids is 1. The maximum absolute atomic E-state index is 12.0. The van der Waals surface area contributed by atoms with Gasteiger partial charge in [0.25, 0.3) is 11.1 Å². The molecule has 0 spiro atoms. The number of aromatic nitrogens is 2. The molecule has 3 aromatic rings. The summed E-state index contributed by atoms with van der Waals surface area (Å²) in [6.45, 7) is 0.404. The summed E-state index contributed by atoms with van der Waals surface area (Å²) in [5, 5.41) is 12.0. The van der Waals surface area contributed by atoms with Gasteiger partial charge in [-0.1, -0.05) is 53.7 Å². The molecule has 0 atom stereocenters. The van der Waals surface area contributed by atoms with E-state index in [1.807, 2.05) is 42.5 Å². The second kappa shape index (κ2) is 9.43. The van der Waals surface area contributed by atoms with Gasteiger partial charge in [-0.25, -0.2) is 0 Å². The first kappa shape index (κ1) is 19.3. The predicted octanol–water partition coefficient (Wildman–Crippen LogP) is 4.20. The zero-order valence-corrected chi connectivity index (χ0v) is 16.2. The zero-order chi connectivity index (χ0) is 19.1. The van der Waals surface area contributed by atoms with Crippen molar-refractivity contribution in [1.29, 1.82) is 0 Å². The Balaban J connectivity index is 1.48. The van der Waals surface area contributed by atoms with Crippen LogP contribution in [0.15, 0.2) is 58.2 Å². The van der Waals surface area contributed by atoms with Crippen molar-refractivity contribution in [2.45, 2.75) is 18.2 Å². The average molecular weight is 404 g/mol. The van der Waals surface area contributed by atoms with Gasteiger partial charge in [-0.15, -0.1) is 10.2 Å². The van der Waals surface area contributed by atoms with Crippen LogP contribution in [-0.4, -0.2) is 29.0 Å². The van der Waals surface area contributed by atoms with Crippen LogP contribution in [0.1, 0.15) is 12.0 Å². The van der Waals surface area contributed by atoms with Crippen LogP contribution in [-0.2, 0) is 11.3 Å². The summed E-state index contributed by atoms with van der Waals surface area (Å²) in [5.41, 5.74) is 1.62. The molecule has 3 rings (SSSR count). The van der Waals surface area contributed by atoms with E-state index in [9.17, 15) is 4.79 Å². The summed E-state index contributed by atoms with van der Waals surface area (Å²) in [7, 11) is 1.59. The minimum atomic E-state index is -0.0631. The number of carbonyl (C=O) groups is 1. The van der Waals surface area contributed by atoms with E-state index in [1.54, 1.807) is 13.2 Å². The smallest absolute Gasteiger partial charge is 0.276 e. The van der Waals surface area contributed by atoms with Crippen LogP contribution in [0.25, 0.3) is 11.5 Å². The molecule has 0 fully saturated rings. The molecular weight excluding hydrogens is 386 g/mol. The number of methoxy groups -OCH3 is 1. The summed E-state index contributed by atoms with van der Waals surface area (Å²) in [5.74, 6) is 1.52. The van der Waals surface area contributed by atoms with Crippen LogP contribution >= 0.6 is 23.4 Å². The van der Waals surface area contributed by atoms with Gasteiger partial charge in [-0.05, 0) is 23.8 Å². The molecule has 2 aromatic carbocycles. The van der Waals surface area contributed by atoms with Crippen molar-refractivity contribution >= 4 is 29.3 Å². The molecule has 0 radical (unpaired) electrons. The fraction of sp³-hybridized carbons (Fsp3) is 0.211. The van der Waals surface area contributed by atoms with Crippen molar-refractivity contribution in [1.82, 2.24) is 15.5 Å². The second-order valence-electron chi connectivity index (χ2n) is 5.54. The lowest BCUT2D eigenvalue weighted by molar-refractivity contribution is -0.120. The maximum Gasteiger partial charge on any atom is 0.276 e. The molecule has 0 saturated heterocycles. The number of halogens is 1. The number of para-hydroxylation sites is 1. The maximum atomic E-state index is 12.0. The Morgan fingerprint density at radius 3 is 2.78 bits per heavy atom. The Kier molecular flexibility index (Phi) is 6.73. The second-order valence-corrected chi connectivity index (χ2v) is 6.99. The van der Waals surface area contributed by atoms with Crippen LogP contribution in [0.4, 0.5) is 0 Å². The first-order valence-corrected chi connectivity index (χ1v) is 9.63. The quantitative estimate of drug-likeness (QED) is 0.568. The molecule has 1 N–H and O–H groups in total. The fourth-order valence-electron chi connectivity index (χ4n) is 2.35. The summed E-state index contributed by atoms with van der Waals surface area (Å²) in [4.78, 5) is 12.0. The van der Waals surface area contributed by atoms with E-state index < -0.39 is 0 Å². The predicted molar refractivity (Wildman–Crippen MR) is 105 cm³/mol. The molecule has 0 aliphatic rings. The molecule has 0 unspecified atom stereocenters. The van der Waals surface area contributed by atoms with Crippen LogP contribution in [0, 0.1) is 0 Å². The Morgan fingerprint density at radius 2 is 1.96 bits per heavy atom. The molecule has 1 amide bonds. The highest BCUT2D eigenvalue weighted by atomic mass is 35.5. The van der Waals surface area contributed by atoms with E-state index in [0.717, 1.165) is 11.1 Å². The highest BCUT2D eigenvalue weighted by Gasteiger charge is 2.13. The molecular formula is C19H18ClN3O3S. The third kappa shape index (κ3) is 5.24. The summed E-state index contributed by atoms with van der Waals surface area (Å²) in [6, 6.07) is 14.8. The standard InChI is InChI=1S/C19H18ClN3O3S/c1-25-16-9-5-3-7-14(16)18-22-23-19(26-18)27-11-10-17(24)21-12-13-6-2-4-8-15(13)20/h2-9H,10-12H2,1H3,(H,21,24). The van der Waals surface area contributed by atoms with Gasteiger partial charge in [0, 0.05) is 23.7 Å². The van der Waals surface area contributed by atoms with E-state index in [-0.39, 0.29) is 5.91 Å². The van der Waals surface area contributed by atoms with Gasteiger partial charge >= 0.3 is 0 Å². The molecule has 1 aromatic heterocycles. The van der Waals surface area contributed by atoms with Crippen molar-refractivity contribution < 1.29 is 13.9 Å². The summed E-state index contributed by atoms with van der Waals surface area (Å²) >= 11 is 7.41. The largest absolute Gasteiger partial charge is 0.496 e. The number of hydrogen-bond acceptors (Lipinski definition) is 6. The number of nitrogens with one attached hydrogen (secondary N) is 1. The first-order valence-electron chi connectivity index (χ1n) is 8.27. The van der Waals surface area contributed by atoms with Gasteiger partial charge in [0.15, 0.2) is 0 Å². The molecule has 8 heteroatoms. The normalized spacial score (nSPS) is 10.6. The van der Waals surface area contributed by atoms with Crippen molar-refractivity contribution in [2.75, 3.05) is 12.9 Å². The van der Waals surface area contributed by atoms with E-state index >= 15 is 0 Å². The Hall–Kier alpha value is -2.51. The van der Waals surface area contributed by atoms with E-state index in [0.29, 0.717) is 40.6 Å². The van der Waals surface area contributed by atoms with Crippen molar-refractivity contribution in [3.05, 3.63) is 59.1 Å². The molecule has 0 aliphatic carbocycles. The highest BCUT2D eigenvalue weighted by Crippen LogP contribution is 2.30. The van der Waals surface area contributed by atoms with Gasteiger partial charge in [-0.2, -0.15) is 0 Å². The van der Waals surface area contributed by atoms with Gasteiger partial charge in [-0.3, -0.25) is 4.79 Å². The van der Waals surface area contributed by atoms with Gasteiger partial charge < -0.3 is 14.5 Å². The minimum absolute atomic E-state index is 0.0631. The number of hydrogen-bond donors (Lipinski definition) is 1. The molecule has 27 heavy (non-hydrogen) atoms. The number of thioether (sulfide) groups is 1. The average Bonchev–Trinajstić information content (AvgIpc) is 3.16. The topological polar surface area (TPSA) is 77.2 Å². The molecule has 0 saturated carbocycles. The minimum Gasteiger partial charge on any atom is -0.496 e. The fourth-order valence-corrected chi connectivity index (χ4v) is 3.25. The van der Waals surface area contributed by atoms with E-state index in [1.165, 1.54) is 11.8 Å². The zero-order valence-electron chi connectivity index (χ0n) is 14.6. The molecule has 0 aliphatic heterocycles. The first-order chi connectivity index (χ1) is 13.2. The van der Waals surface area contributed by atoms with Crippen LogP contribution in [0.2, 0.25) is 5.02 Å². The Bertz CT molecular complexity index is 916. The van der Waals surface area contributed by atoms with Crippen molar-refractivity contribution in [3.63, 3.8) is 0 Å². The van der Waals surface area contributed by atoms with Crippen molar-refractivity contribution in [3.8, 4) is 17.2 Å². The lowest BCUT2D eigenvalue weighted by atomic mass is 10.2. The third-order valence-corrected chi connectivity index (χ3v) is 4.92. The van der Waals surface area contributed by atoms with Gasteiger partial charge in [0.05, 0.1) is 12.7 Å². The van der Waals surface area contributed by atoms with Crippen molar-refractivity contribution in [2.24, 2.45) is 0 Å². The number of ether oxygens (including phenoxy) is 1. The molecule has 140 valence electrons. The molecule has 0 bridgehead atoms. The molecule has 6 nitrogen and oxygen atoms in total. The van der Waals surface area contributed by atoms with Crippen LogP contribution in [0.3, 0.4) is 0 Å². The Labute approximate surface area is 166 Å². The number of rotatable bonds is 8. The number of amides is 1. The SMILES string of the molecule is COc1ccccc1-c1nnc(SCCC(=O)NCc2ccccc2Cl)o1. The summed E-state index contributed by atoms with van der Waals surface area (Å²) < 4.78 is 10.9. The molecule has 1 heterocycles. The summed E-state index contributed by atoms with van der Waals surface area (Å²) in [6.07, 6.45) is 0.335. The van der Waals surface area contributed by atoms with Gasteiger partial charge in [0.2, 0.25) is 5.91 Å². The monoisotopic (exact) mass is 403 g/mol. The lowest BCUT2D eigenvalue weighted by Crippen LogP contribution is -2.23. The van der Waals surface area contributed by atoms with Crippen LogP contribution < -0.4 is 10.1 Å². The number of benzene rings is 2. The third-order valence-electron chi connectivity index (χ3n) is 3.73. The van der Waals surface area contributed by atoms with E-state index in [2.05, 4.69) is 15.5 Å². The van der Waals surface area contributed by atoms with Crippen LogP contribution in [0.5, 0.6) is 5.75 Å². The lowest BCUT2D eigenvalue weighted by Gasteiger charge is -2.06.